The SMILES string of the molecule is CN=C(NCC1COc2ccccc2O1)NC(C)(C)C. The molecule has 1 atom stereocenters. The van der Waals surface area contributed by atoms with E-state index in [9.17, 15) is 0 Å². The first-order valence-electron chi connectivity index (χ1n) is 6.85. The zero-order valence-corrected chi connectivity index (χ0v) is 12.6. The van der Waals surface area contributed by atoms with E-state index < -0.39 is 0 Å². The molecule has 1 heterocycles. The molecule has 0 bridgehead atoms. The number of hydrogen-bond donors (Lipinski definition) is 2. The van der Waals surface area contributed by atoms with Gasteiger partial charge in [-0.25, -0.2) is 0 Å². The fourth-order valence-corrected chi connectivity index (χ4v) is 1.91. The van der Waals surface area contributed by atoms with E-state index in [1.807, 2.05) is 24.3 Å². The minimum Gasteiger partial charge on any atom is -0.486 e. The summed E-state index contributed by atoms with van der Waals surface area (Å²) in [4.78, 5) is 4.20. The number of aliphatic imine (C=N–C) groups is 1. The first kappa shape index (κ1) is 14.5. The van der Waals surface area contributed by atoms with Gasteiger partial charge in [0.15, 0.2) is 17.5 Å². The minimum absolute atomic E-state index is 0.0246. The molecule has 1 aliphatic rings. The summed E-state index contributed by atoms with van der Waals surface area (Å²) in [5, 5.41) is 6.57. The van der Waals surface area contributed by atoms with E-state index in [4.69, 9.17) is 9.47 Å². The van der Waals surface area contributed by atoms with Crippen LogP contribution in [0.1, 0.15) is 20.8 Å². The summed E-state index contributed by atoms with van der Waals surface area (Å²) in [6, 6.07) is 7.72. The highest BCUT2D eigenvalue weighted by Gasteiger charge is 2.21. The van der Waals surface area contributed by atoms with Gasteiger partial charge in [-0.05, 0) is 32.9 Å². The van der Waals surface area contributed by atoms with E-state index in [1.54, 1.807) is 7.05 Å². The Morgan fingerprint density at radius 3 is 2.65 bits per heavy atom. The van der Waals surface area contributed by atoms with Crippen molar-refractivity contribution in [2.45, 2.75) is 32.4 Å². The van der Waals surface area contributed by atoms with E-state index in [-0.39, 0.29) is 11.6 Å². The van der Waals surface area contributed by atoms with Crippen molar-refractivity contribution in [2.75, 3.05) is 20.2 Å². The quantitative estimate of drug-likeness (QED) is 0.639. The summed E-state index contributed by atoms with van der Waals surface area (Å²) in [5.74, 6) is 2.37. The topological polar surface area (TPSA) is 54.9 Å². The van der Waals surface area contributed by atoms with Crippen molar-refractivity contribution in [3.05, 3.63) is 24.3 Å². The van der Waals surface area contributed by atoms with Gasteiger partial charge in [-0.15, -0.1) is 0 Å². The molecule has 1 aromatic rings. The average molecular weight is 277 g/mol. The highest BCUT2D eigenvalue weighted by molar-refractivity contribution is 5.80. The van der Waals surface area contributed by atoms with Crippen molar-refractivity contribution in [2.24, 2.45) is 4.99 Å². The number of guanidine groups is 1. The Hall–Kier alpha value is -1.91. The maximum absolute atomic E-state index is 5.89. The molecule has 2 rings (SSSR count). The summed E-state index contributed by atoms with van der Waals surface area (Å²) in [6.45, 7) is 7.46. The Labute approximate surface area is 120 Å². The van der Waals surface area contributed by atoms with Crippen LogP contribution in [0.4, 0.5) is 0 Å². The molecule has 0 saturated heterocycles. The third-order valence-electron chi connectivity index (χ3n) is 2.78. The minimum atomic E-state index is -0.0294. The highest BCUT2D eigenvalue weighted by Crippen LogP contribution is 2.30. The molecule has 1 unspecified atom stereocenters. The number of nitrogens with zero attached hydrogens (tertiary/aromatic N) is 1. The second-order valence-corrected chi connectivity index (χ2v) is 5.83. The van der Waals surface area contributed by atoms with Gasteiger partial charge in [-0.2, -0.15) is 0 Å². The zero-order valence-electron chi connectivity index (χ0n) is 12.6. The van der Waals surface area contributed by atoms with Gasteiger partial charge in [0, 0.05) is 12.6 Å². The van der Waals surface area contributed by atoms with Crippen LogP contribution in [-0.4, -0.2) is 37.8 Å². The molecule has 20 heavy (non-hydrogen) atoms. The van der Waals surface area contributed by atoms with Crippen LogP contribution in [-0.2, 0) is 0 Å². The van der Waals surface area contributed by atoms with Crippen LogP contribution in [0.15, 0.2) is 29.3 Å². The van der Waals surface area contributed by atoms with Gasteiger partial charge in [0.25, 0.3) is 0 Å². The molecule has 1 aromatic carbocycles. The molecule has 0 amide bonds. The van der Waals surface area contributed by atoms with Gasteiger partial charge in [0.2, 0.25) is 0 Å². The molecular formula is C15H23N3O2. The molecule has 0 aromatic heterocycles. The summed E-state index contributed by atoms with van der Waals surface area (Å²) in [6.07, 6.45) is -0.0246. The standard InChI is InChI=1S/C15H23N3O2/c1-15(2,3)18-14(16-4)17-9-11-10-19-12-7-5-6-8-13(12)20-11/h5-8,11H,9-10H2,1-4H3,(H2,16,17,18). The first-order valence-corrected chi connectivity index (χ1v) is 6.85. The molecular weight excluding hydrogens is 254 g/mol. The molecule has 0 aliphatic carbocycles. The summed E-state index contributed by atoms with van der Waals surface area (Å²) in [5.41, 5.74) is -0.0294. The lowest BCUT2D eigenvalue weighted by molar-refractivity contribution is 0.0935. The lowest BCUT2D eigenvalue weighted by Crippen LogP contribution is -2.50. The number of fused-ring (bicyclic) bond motifs is 1. The van der Waals surface area contributed by atoms with Gasteiger partial charge >= 0.3 is 0 Å². The lowest BCUT2D eigenvalue weighted by atomic mass is 10.1. The molecule has 0 saturated carbocycles. The maximum atomic E-state index is 5.89. The van der Waals surface area contributed by atoms with Crippen LogP contribution >= 0.6 is 0 Å². The molecule has 0 radical (unpaired) electrons. The molecule has 1 aliphatic heterocycles. The maximum Gasteiger partial charge on any atom is 0.191 e. The Morgan fingerprint density at radius 2 is 2.00 bits per heavy atom. The fraction of sp³-hybridized carbons (Fsp3) is 0.533. The van der Waals surface area contributed by atoms with Crippen molar-refractivity contribution < 1.29 is 9.47 Å². The van der Waals surface area contributed by atoms with E-state index in [0.717, 1.165) is 17.5 Å². The molecule has 110 valence electrons. The second-order valence-electron chi connectivity index (χ2n) is 5.83. The fourth-order valence-electron chi connectivity index (χ4n) is 1.91. The molecule has 5 nitrogen and oxygen atoms in total. The van der Waals surface area contributed by atoms with Gasteiger partial charge in [0.05, 0.1) is 6.54 Å². The summed E-state index contributed by atoms with van der Waals surface area (Å²) < 4.78 is 11.6. The number of nitrogens with one attached hydrogen (secondary N) is 2. The third-order valence-corrected chi connectivity index (χ3v) is 2.78. The van der Waals surface area contributed by atoms with Crippen molar-refractivity contribution in [1.29, 1.82) is 0 Å². The Balaban J connectivity index is 1.87. The van der Waals surface area contributed by atoms with Gasteiger partial charge in [0.1, 0.15) is 12.7 Å². The highest BCUT2D eigenvalue weighted by atomic mass is 16.6. The largest absolute Gasteiger partial charge is 0.486 e. The Kier molecular flexibility index (Phi) is 4.37. The lowest BCUT2D eigenvalue weighted by Gasteiger charge is -2.28. The smallest absolute Gasteiger partial charge is 0.191 e. The zero-order chi connectivity index (χ0) is 14.6. The number of hydrogen-bond acceptors (Lipinski definition) is 3. The Bertz CT molecular complexity index is 480. The number of para-hydroxylation sites is 2. The third kappa shape index (κ3) is 4.05. The van der Waals surface area contributed by atoms with Crippen LogP contribution in [0.3, 0.4) is 0 Å². The summed E-state index contributed by atoms with van der Waals surface area (Å²) >= 11 is 0. The Morgan fingerprint density at radius 1 is 1.30 bits per heavy atom. The summed E-state index contributed by atoms with van der Waals surface area (Å²) in [7, 11) is 1.76. The molecule has 2 N–H and O–H groups in total. The van der Waals surface area contributed by atoms with Crippen LogP contribution in [0.25, 0.3) is 0 Å². The predicted octanol–water partition coefficient (Wildman–Crippen LogP) is 1.79. The molecule has 0 fully saturated rings. The first-order chi connectivity index (χ1) is 9.48. The normalized spacial score (nSPS) is 18.6. The number of ether oxygens (including phenoxy) is 2. The van der Waals surface area contributed by atoms with Crippen molar-refractivity contribution in [3.8, 4) is 11.5 Å². The van der Waals surface area contributed by atoms with E-state index in [2.05, 4.69) is 36.4 Å². The number of benzene rings is 1. The second kappa shape index (κ2) is 6.03. The van der Waals surface area contributed by atoms with Gasteiger partial charge in [-0.1, -0.05) is 12.1 Å². The van der Waals surface area contributed by atoms with E-state index >= 15 is 0 Å². The van der Waals surface area contributed by atoms with Gasteiger partial charge < -0.3 is 20.1 Å². The predicted molar refractivity (Wildman–Crippen MR) is 80.6 cm³/mol. The van der Waals surface area contributed by atoms with Crippen LogP contribution in [0.2, 0.25) is 0 Å². The monoisotopic (exact) mass is 277 g/mol. The number of rotatable bonds is 2. The van der Waals surface area contributed by atoms with Crippen molar-refractivity contribution in [3.63, 3.8) is 0 Å². The van der Waals surface area contributed by atoms with E-state index in [0.29, 0.717) is 13.2 Å². The van der Waals surface area contributed by atoms with E-state index in [1.165, 1.54) is 0 Å². The van der Waals surface area contributed by atoms with Crippen LogP contribution in [0.5, 0.6) is 11.5 Å². The van der Waals surface area contributed by atoms with Crippen molar-refractivity contribution >= 4 is 5.96 Å². The molecule has 5 heteroatoms. The average Bonchev–Trinajstić information content (AvgIpc) is 2.42. The van der Waals surface area contributed by atoms with Crippen molar-refractivity contribution in [1.82, 2.24) is 10.6 Å². The van der Waals surface area contributed by atoms with Crippen LogP contribution in [0, 0.1) is 0 Å². The van der Waals surface area contributed by atoms with Gasteiger partial charge in [-0.3, -0.25) is 4.99 Å². The van der Waals surface area contributed by atoms with Crippen LogP contribution < -0.4 is 20.1 Å². The molecule has 0 spiro atoms.